The van der Waals surface area contributed by atoms with Gasteiger partial charge in [0.15, 0.2) is 5.82 Å². The highest BCUT2D eigenvalue weighted by molar-refractivity contribution is 7.99. The fourth-order valence-corrected chi connectivity index (χ4v) is 3.19. The van der Waals surface area contributed by atoms with Crippen molar-refractivity contribution in [1.29, 1.82) is 0 Å². The predicted molar refractivity (Wildman–Crippen MR) is 84.2 cm³/mol. The molecule has 2 heterocycles. The van der Waals surface area contributed by atoms with Crippen LogP contribution in [0.1, 0.15) is 6.42 Å². The lowest BCUT2D eigenvalue weighted by atomic mass is 10.2. The largest absolute Gasteiger partial charge is 0.326 e. The van der Waals surface area contributed by atoms with Gasteiger partial charge in [0.1, 0.15) is 6.33 Å². The van der Waals surface area contributed by atoms with Crippen LogP contribution < -0.4 is 10.6 Å². The summed E-state index contributed by atoms with van der Waals surface area (Å²) in [6.07, 6.45) is 1.98. The summed E-state index contributed by atoms with van der Waals surface area (Å²) in [4.78, 5) is 16.1. The molecule has 1 atom stereocenters. The highest BCUT2D eigenvalue weighted by Gasteiger charge is 2.16. The molecule has 1 aliphatic rings. The molecular weight excluding hydrogens is 286 g/mol. The van der Waals surface area contributed by atoms with Crippen LogP contribution in [0.2, 0.25) is 0 Å². The lowest BCUT2D eigenvalue weighted by Crippen LogP contribution is -2.39. The number of hydrogen-bond acceptors (Lipinski definition) is 5. The number of aromatic amines is 1. The van der Waals surface area contributed by atoms with Crippen LogP contribution in [-0.4, -0.2) is 45.2 Å². The van der Waals surface area contributed by atoms with Crippen molar-refractivity contribution in [3.05, 3.63) is 30.6 Å². The zero-order valence-corrected chi connectivity index (χ0v) is 12.3. The van der Waals surface area contributed by atoms with Gasteiger partial charge in [-0.3, -0.25) is 9.89 Å². The van der Waals surface area contributed by atoms with Crippen molar-refractivity contribution in [2.24, 2.45) is 0 Å². The highest BCUT2D eigenvalue weighted by atomic mass is 32.2. The van der Waals surface area contributed by atoms with E-state index in [4.69, 9.17) is 0 Å². The molecule has 7 heteroatoms. The Morgan fingerprint density at radius 1 is 1.38 bits per heavy atom. The monoisotopic (exact) mass is 303 g/mol. The number of aromatic nitrogens is 3. The Kier molecular flexibility index (Phi) is 4.52. The second-order valence-corrected chi connectivity index (χ2v) is 6.04. The van der Waals surface area contributed by atoms with Crippen molar-refractivity contribution < 1.29 is 4.79 Å². The number of anilines is 1. The summed E-state index contributed by atoms with van der Waals surface area (Å²) in [5.74, 6) is 2.89. The second kappa shape index (κ2) is 6.73. The number of amides is 1. The van der Waals surface area contributed by atoms with Crippen LogP contribution >= 0.6 is 11.8 Å². The first-order valence-corrected chi connectivity index (χ1v) is 8.03. The van der Waals surface area contributed by atoms with Crippen LogP contribution in [-0.2, 0) is 4.79 Å². The van der Waals surface area contributed by atoms with Crippen molar-refractivity contribution in [3.8, 4) is 11.4 Å². The standard InChI is InChI=1S/C14H17N5OS/c20-13(7-12-8-21-6-5-15-12)18-11-3-1-10(2-4-11)14-16-9-17-19-14/h1-4,9,12,15H,5-8H2,(H,18,20)(H,16,17,19). The van der Waals surface area contributed by atoms with Crippen LogP contribution in [0.5, 0.6) is 0 Å². The zero-order valence-electron chi connectivity index (χ0n) is 11.5. The van der Waals surface area contributed by atoms with Crippen molar-refractivity contribution in [1.82, 2.24) is 20.5 Å². The lowest BCUT2D eigenvalue weighted by molar-refractivity contribution is -0.116. The summed E-state index contributed by atoms with van der Waals surface area (Å²) in [7, 11) is 0. The maximum Gasteiger partial charge on any atom is 0.225 e. The number of nitrogens with zero attached hydrogens (tertiary/aromatic N) is 2. The summed E-state index contributed by atoms with van der Waals surface area (Å²) < 4.78 is 0. The first-order chi connectivity index (χ1) is 10.3. The number of carbonyl (C=O) groups is 1. The Morgan fingerprint density at radius 3 is 2.90 bits per heavy atom. The van der Waals surface area contributed by atoms with E-state index < -0.39 is 0 Å². The topological polar surface area (TPSA) is 82.7 Å². The SMILES string of the molecule is O=C(CC1CSCCN1)Nc1ccc(-c2ncn[nH]2)cc1. The molecule has 0 bridgehead atoms. The quantitative estimate of drug-likeness (QED) is 0.797. The van der Waals surface area contributed by atoms with Gasteiger partial charge in [0.2, 0.25) is 5.91 Å². The average Bonchev–Trinajstić information content (AvgIpc) is 3.03. The summed E-state index contributed by atoms with van der Waals surface area (Å²) in [5.41, 5.74) is 1.74. The van der Waals surface area contributed by atoms with Gasteiger partial charge in [0, 0.05) is 41.8 Å². The molecule has 1 aromatic heterocycles. The molecule has 1 aliphatic heterocycles. The molecule has 1 aromatic carbocycles. The van der Waals surface area contributed by atoms with Gasteiger partial charge < -0.3 is 10.6 Å². The van der Waals surface area contributed by atoms with Gasteiger partial charge in [-0.15, -0.1) is 0 Å². The molecular formula is C14H17N5OS. The Bertz CT molecular complexity index is 578. The average molecular weight is 303 g/mol. The normalized spacial score (nSPS) is 18.4. The van der Waals surface area contributed by atoms with Gasteiger partial charge in [-0.2, -0.15) is 16.9 Å². The molecule has 1 fully saturated rings. The summed E-state index contributed by atoms with van der Waals surface area (Å²) in [6, 6.07) is 7.84. The van der Waals surface area contributed by atoms with Crippen molar-refractivity contribution in [2.45, 2.75) is 12.5 Å². The third-order valence-corrected chi connectivity index (χ3v) is 4.42. The molecule has 3 rings (SSSR count). The first kappa shape index (κ1) is 14.1. The number of benzene rings is 1. The Hall–Kier alpha value is -1.86. The fraction of sp³-hybridized carbons (Fsp3) is 0.357. The van der Waals surface area contributed by atoms with E-state index in [0.29, 0.717) is 6.42 Å². The Morgan fingerprint density at radius 2 is 2.24 bits per heavy atom. The van der Waals surface area contributed by atoms with E-state index in [9.17, 15) is 4.79 Å². The molecule has 1 unspecified atom stereocenters. The second-order valence-electron chi connectivity index (χ2n) is 4.89. The van der Waals surface area contributed by atoms with Crippen LogP contribution in [0.4, 0.5) is 5.69 Å². The molecule has 21 heavy (non-hydrogen) atoms. The third-order valence-electron chi connectivity index (χ3n) is 3.29. The zero-order chi connectivity index (χ0) is 14.5. The van der Waals surface area contributed by atoms with Gasteiger partial charge in [0.05, 0.1) is 0 Å². The van der Waals surface area contributed by atoms with E-state index in [1.807, 2.05) is 36.0 Å². The Balaban J connectivity index is 1.56. The minimum atomic E-state index is 0.0439. The van der Waals surface area contributed by atoms with Crippen LogP contribution in [0.25, 0.3) is 11.4 Å². The number of nitrogens with one attached hydrogen (secondary N) is 3. The first-order valence-electron chi connectivity index (χ1n) is 6.88. The van der Waals surface area contributed by atoms with E-state index in [0.717, 1.165) is 35.1 Å². The smallest absolute Gasteiger partial charge is 0.225 e. The van der Waals surface area contributed by atoms with E-state index in [1.54, 1.807) is 0 Å². The van der Waals surface area contributed by atoms with Gasteiger partial charge in [-0.05, 0) is 24.3 Å². The maximum atomic E-state index is 12.0. The summed E-state index contributed by atoms with van der Waals surface area (Å²) in [5, 5.41) is 12.9. The van der Waals surface area contributed by atoms with Crippen LogP contribution in [0, 0.1) is 0 Å². The van der Waals surface area contributed by atoms with E-state index in [-0.39, 0.29) is 11.9 Å². The number of hydrogen-bond donors (Lipinski definition) is 3. The van der Waals surface area contributed by atoms with Crippen LogP contribution in [0.15, 0.2) is 30.6 Å². The molecule has 110 valence electrons. The maximum absolute atomic E-state index is 12.0. The van der Waals surface area contributed by atoms with Crippen molar-refractivity contribution >= 4 is 23.4 Å². The number of H-pyrrole nitrogens is 1. The fourth-order valence-electron chi connectivity index (χ4n) is 2.24. The molecule has 2 aromatic rings. The number of rotatable bonds is 4. The third kappa shape index (κ3) is 3.83. The predicted octanol–water partition coefficient (Wildman–Crippen LogP) is 1.51. The van der Waals surface area contributed by atoms with Gasteiger partial charge in [-0.25, -0.2) is 4.98 Å². The van der Waals surface area contributed by atoms with E-state index >= 15 is 0 Å². The molecule has 1 amide bonds. The van der Waals surface area contributed by atoms with Gasteiger partial charge in [-0.1, -0.05) is 0 Å². The summed E-state index contributed by atoms with van der Waals surface area (Å²) in [6.45, 7) is 0.981. The molecule has 0 aliphatic carbocycles. The Labute approximate surface area is 127 Å². The molecule has 0 spiro atoms. The van der Waals surface area contributed by atoms with Crippen molar-refractivity contribution in [2.75, 3.05) is 23.4 Å². The molecule has 6 nitrogen and oxygen atoms in total. The molecule has 3 N–H and O–H groups in total. The highest BCUT2D eigenvalue weighted by Crippen LogP contribution is 2.18. The lowest BCUT2D eigenvalue weighted by Gasteiger charge is -2.22. The van der Waals surface area contributed by atoms with E-state index in [1.165, 1.54) is 6.33 Å². The number of carbonyl (C=O) groups excluding carboxylic acids is 1. The van der Waals surface area contributed by atoms with Gasteiger partial charge >= 0.3 is 0 Å². The minimum absolute atomic E-state index is 0.0439. The summed E-state index contributed by atoms with van der Waals surface area (Å²) >= 11 is 1.89. The molecule has 0 radical (unpaired) electrons. The number of thioether (sulfide) groups is 1. The van der Waals surface area contributed by atoms with Crippen molar-refractivity contribution in [3.63, 3.8) is 0 Å². The van der Waals surface area contributed by atoms with E-state index in [2.05, 4.69) is 25.8 Å². The van der Waals surface area contributed by atoms with Crippen LogP contribution in [0.3, 0.4) is 0 Å². The molecule has 0 saturated carbocycles. The van der Waals surface area contributed by atoms with Gasteiger partial charge in [0.25, 0.3) is 0 Å². The molecule has 1 saturated heterocycles. The minimum Gasteiger partial charge on any atom is -0.326 e.